The highest BCUT2D eigenvalue weighted by molar-refractivity contribution is 6.31. The molecule has 1 aliphatic rings. The lowest BCUT2D eigenvalue weighted by Gasteiger charge is -2.12. The Morgan fingerprint density at radius 2 is 1.81 bits per heavy atom. The van der Waals surface area contributed by atoms with Crippen LogP contribution in [-0.4, -0.2) is 18.8 Å². The fraction of sp³-hybridized carbons (Fsp3) is 0.0800. The molecule has 0 unspecified atom stereocenters. The highest BCUT2D eigenvalue weighted by atomic mass is 16.7. The molecule has 31 heavy (non-hydrogen) atoms. The molecule has 0 spiro atoms. The Labute approximate surface area is 179 Å². The molecular formula is C25H18N2O4. The number of carbonyl (C=O) groups is 1. The van der Waals surface area contributed by atoms with Crippen LogP contribution in [0.5, 0.6) is 11.5 Å². The van der Waals surface area contributed by atoms with Crippen molar-refractivity contribution in [3.63, 3.8) is 0 Å². The second-order valence-corrected chi connectivity index (χ2v) is 6.71. The van der Waals surface area contributed by atoms with Crippen LogP contribution in [0.15, 0.2) is 83.5 Å². The molecule has 0 amide bonds. The van der Waals surface area contributed by atoms with Gasteiger partial charge in [-0.3, -0.25) is 0 Å². The van der Waals surface area contributed by atoms with Crippen LogP contribution in [-0.2, 0) is 16.2 Å². The molecule has 0 saturated heterocycles. The third-order valence-electron chi connectivity index (χ3n) is 4.76. The number of nitriles is 1. The Morgan fingerprint density at radius 3 is 2.58 bits per heavy atom. The number of nitrogens with zero attached hydrogens (tertiary/aromatic N) is 2. The average molecular weight is 410 g/mol. The second-order valence-electron chi connectivity index (χ2n) is 6.71. The quantitative estimate of drug-likeness (QED) is 0.442. The normalized spacial score (nSPS) is 14.0. The van der Waals surface area contributed by atoms with E-state index in [0.29, 0.717) is 28.3 Å². The average Bonchev–Trinajstić information content (AvgIpc) is 3.18. The van der Waals surface area contributed by atoms with Crippen molar-refractivity contribution >= 4 is 17.8 Å². The molecule has 0 N–H and O–H groups in total. The Bertz CT molecular complexity index is 1220. The minimum absolute atomic E-state index is 0.234. The summed E-state index contributed by atoms with van der Waals surface area (Å²) in [6, 6.07) is 24.1. The standard InChI is InChI=1S/C25H18N2O4/c1-29-23-14-17(11-12-22(23)30-16-20-10-6-5-9-19(20)15-26)13-21-24(27-31-25(21)28)18-7-3-2-4-8-18/h2-14H,16H2,1H3/b21-13+. The molecule has 3 aromatic rings. The van der Waals surface area contributed by atoms with Gasteiger partial charge in [-0.25, -0.2) is 4.79 Å². The monoisotopic (exact) mass is 410 g/mol. The van der Waals surface area contributed by atoms with Crippen LogP contribution in [0.4, 0.5) is 0 Å². The van der Waals surface area contributed by atoms with Crippen molar-refractivity contribution < 1.29 is 19.1 Å². The van der Waals surface area contributed by atoms with Crippen LogP contribution in [0.25, 0.3) is 6.08 Å². The van der Waals surface area contributed by atoms with E-state index in [1.165, 1.54) is 0 Å². The molecule has 3 aromatic carbocycles. The molecule has 1 heterocycles. The summed E-state index contributed by atoms with van der Waals surface area (Å²) < 4.78 is 11.3. The Morgan fingerprint density at radius 1 is 1.03 bits per heavy atom. The molecule has 152 valence electrons. The number of hydrogen-bond donors (Lipinski definition) is 0. The van der Waals surface area contributed by atoms with E-state index in [0.717, 1.165) is 16.7 Å². The van der Waals surface area contributed by atoms with Crippen LogP contribution in [0, 0.1) is 11.3 Å². The number of hydrogen-bond acceptors (Lipinski definition) is 6. The van der Waals surface area contributed by atoms with Crippen molar-refractivity contribution in [1.29, 1.82) is 5.26 Å². The van der Waals surface area contributed by atoms with E-state index in [9.17, 15) is 10.1 Å². The zero-order valence-corrected chi connectivity index (χ0v) is 16.7. The molecular weight excluding hydrogens is 392 g/mol. The van der Waals surface area contributed by atoms with Gasteiger partial charge in [0.05, 0.1) is 24.3 Å². The maximum absolute atomic E-state index is 12.2. The summed E-state index contributed by atoms with van der Waals surface area (Å²) in [6.45, 7) is 0.234. The highest BCUT2D eigenvalue weighted by Gasteiger charge is 2.26. The molecule has 0 saturated carbocycles. The lowest BCUT2D eigenvalue weighted by Crippen LogP contribution is -2.06. The van der Waals surface area contributed by atoms with Gasteiger partial charge in [0.15, 0.2) is 11.5 Å². The number of oxime groups is 1. The van der Waals surface area contributed by atoms with Crippen molar-refractivity contribution in [3.8, 4) is 17.6 Å². The molecule has 0 radical (unpaired) electrons. The van der Waals surface area contributed by atoms with Gasteiger partial charge in [0, 0.05) is 11.1 Å². The summed E-state index contributed by atoms with van der Waals surface area (Å²) in [7, 11) is 1.54. The molecule has 1 aliphatic heterocycles. The summed E-state index contributed by atoms with van der Waals surface area (Å²) in [5.41, 5.74) is 3.73. The molecule has 0 atom stereocenters. The van der Waals surface area contributed by atoms with E-state index in [1.54, 1.807) is 31.4 Å². The van der Waals surface area contributed by atoms with Crippen LogP contribution in [0.3, 0.4) is 0 Å². The van der Waals surface area contributed by atoms with Crippen molar-refractivity contribution in [3.05, 3.63) is 101 Å². The third-order valence-corrected chi connectivity index (χ3v) is 4.76. The van der Waals surface area contributed by atoms with E-state index < -0.39 is 5.97 Å². The summed E-state index contributed by atoms with van der Waals surface area (Å²) in [4.78, 5) is 17.1. The minimum atomic E-state index is -0.508. The van der Waals surface area contributed by atoms with E-state index in [2.05, 4.69) is 11.2 Å². The van der Waals surface area contributed by atoms with Gasteiger partial charge in [-0.2, -0.15) is 5.26 Å². The van der Waals surface area contributed by atoms with Crippen molar-refractivity contribution in [1.82, 2.24) is 0 Å². The molecule has 0 fully saturated rings. The van der Waals surface area contributed by atoms with E-state index in [4.69, 9.17) is 14.3 Å². The second kappa shape index (κ2) is 8.97. The predicted octanol–water partition coefficient (Wildman–Crippen LogP) is 4.49. The number of carbonyl (C=O) groups excluding carboxylic acids is 1. The summed E-state index contributed by atoms with van der Waals surface area (Å²) in [5.74, 6) is 0.531. The maximum Gasteiger partial charge on any atom is 0.368 e. The Hall–Kier alpha value is -4.37. The van der Waals surface area contributed by atoms with Crippen molar-refractivity contribution in [2.24, 2.45) is 5.16 Å². The maximum atomic E-state index is 12.2. The summed E-state index contributed by atoms with van der Waals surface area (Å²) >= 11 is 0. The minimum Gasteiger partial charge on any atom is -0.493 e. The smallest absolute Gasteiger partial charge is 0.368 e. The van der Waals surface area contributed by atoms with Crippen LogP contribution in [0.1, 0.15) is 22.3 Å². The lowest BCUT2D eigenvalue weighted by atomic mass is 10.0. The summed E-state index contributed by atoms with van der Waals surface area (Å²) in [6.07, 6.45) is 1.71. The van der Waals surface area contributed by atoms with E-state index >= 15 is 0 Å². The van der Waals surface area contributed by atoms with Crippen molar-refractivity contribution in [2.45, 2.75) is 6.61 Å². The third kappa shape index (κ3) is 4.31. The van der Waals surface area contributed by atoms with Crippen LogP contribution < -0.4 is 9.47 Å². The van der Waals surface area contributed by atoms with Gasteiger partial charge in [-0.1, -0.05) is 59.8 Å². The number of ether oxygens (including phenoxy) is 2. The Kier molecular flexibility index (Phi) is 5.77. The largest absolute Gasteiger partial charge is 0.493 e. The van der Waals surface area contributed by atoms with Gasteiger partial charge in [-0.15, -0.1) is 0 Å². The van der Waals surface area contributed by atoms with Crippen LogP contribution in [0.2, 0.25) is 0 Å². The molecule has 0 aliphatic carbocycles. The molecule has 0 aromatic heterocycles. The van der Waals surface area contributed by atoms with E-state index in [1.807, 2.05) is 54.6 Å². The number of methoxy groups -OCH3 is 1. The molecule has 6 nitrogen and oxygen atoms in total. The zero-order chi connectivity index (χ0) is 21.6. The fourth-order valence-corrected chi connectivity index (χ4v) is 3.18. The zero-order valence-electron chi connectivity index (χ0n) is 16.7. The fourth-order valence-electron chi connectivity index (χ4n) is 3.18. The first-order valence-corrected chi connectivity index (χ1v) is 9.55. The van der Waals surface area contributed by atoms with Gasteiger partial charge in [0.1, 0.15) is 12.3 Å². The van der Waals surface area contributed by atoms with Gasteiger partial charge in [-0.05, 0) is 29.8 Å². The topological polar surface area (TPSA) is 80.9 Å². The molecule has 4 rings (SSSR count). The van der Waals surface area contributed by atoms with E-state index in [-0.39, 0.29) is 6.61 Å². The van der Waals surface area contributed by atoms with Crippen LogP contribution >= 0.6 is 0 Å². The van der Waals surface area contributed by atoms with Gasteiger partial charge >= 0.3 is 5.97 Å². The van der Waals surface area contributed by atoms with Gasteiger partial charge < -0.3 is 14.3 Å². The first-order chi connectivity index (χ1) is 15.2. The van der Waals surface area contributed by atoms with Gasteiger partial charge in [0.25, 0.3) is 0 Å². The number of rotatable bonds is 6. The number of benzene rings is 3. The molecule has 0 bridgehead atoms. The molecule has 6 heteroatoms. The highest BCUT2D eigenvalue weighted by Crippen LogP contribution is 2.31. The Balaban J connectivity index is 1.59. The SMILES string of the molecule is COc1cc(/C=C2/C(=O)ON=C2c2ccccc2)ccc1OCc1ccccc1C#N. The summed E-state index contributed by atoms with van der Waals surface area (Å²) in [5, 5.41) is 13.2. The lowest BCUT2D eigenvalue weighted by molar-refractivity contribution is -0.136. The van der Waals surface area contributed by atoms with Crippen molar-refractivity contribution in [2.75, 3.05) is 7.11 Å². The van der Waals surface area contributed by atoms with Gasteiger partial charge in [0.2, 0.25) is 0 Å². The first-order valence-electron chi connectivity index (χ1n) is 9.55. The first kappa shape index (κ1) is 19.9. The predicted molar refractivity (Wildman–Crippen MR) is 116 cm³/mol.